The van der Waals surface area contributed by atoms with E-state index in [1.54, 1.807) is 32.0 Å². The van der Waals surface area contributed by atoms with Gasteiger partial charge in [-0.25, -0.2) is 4.79 Å². The maximum Gasteiger partial charge on any atom is 0.351 e. The number of hydrogen-bond acceptors (Lipinski definition) is 7. The molecule has 1 heterocycles. The van der Waals surface area contributed by atoms with E-state index in [0.717, 1.165) is 11.3 Å². The standard InChI is InChI=1S/C17H17ClN4O3S/c1-3-22-15(23)14(9-21-12-6-10(18)5-11(20)7-12)26-16(22)13(8-19)17(24)25-4-2/h5-7,9,21H,3-4,20H2,1-2H3/b14-9+,16-13-. The fraction of sp³-hybridized carbons (Fsp3) is 0.235. The van der Waals surface area contributed by atoms with Crippen LogP contribution in [0.1, 0.15) is 13.8 Å². The molecule has 0 saturated carbocycles. The zero-order chi connectivity index (χ0) is 19.3. The van der Waals surface area contributed by atoms with Crippen LogP contribution in [0.2, 0.25) is 5.02 Å². The number of hydrogen-bond donors (Lipinski definition) is 2. The number of thiazole rings is 1. The normalized spacial score (nSPS) is 12.5. The topological polar surface area (TPSA) is 110 Å². The first-order valence-corrected chi connectivity index (χ1v) is 8.94. The number of nitrogens with one attached hydrogen (secondary N) is 1. The van der Waals surface area contributed by atoms with E-state index in [1.807, 2.05) is 6.07 Å². The Labute approximate surface area is 158 Å². The highest BCUT2D eigenvalue weighted by Gasteiger charge is 2.16. The van der Waals surface area contributed by atoms with Crippen LogP contribution in [0.3, 0.4) is 0 Å². The lowest BCUT2D eigenvalue weighted by molar-refractivity contribution is -0.136. The number of halogens is 1. The van der Waals surface area contributed by atoms with Gasteiger partial charge >= 0.3 is 5.97 Å². The number of anilines is 2. The number of esters is 1. The van der Waals surface area contributed by atoms with Gasteiger partial charge in [0.1, 0.15) is 15.3 Å². The highest BCUT2D eigenvalue weighted by molar-refractivity contribution is 7.07. The molecule has 0 atom stereocenters. The van der Waals surface area contributed by atoms with Crippen LogP contribution in [0.15, 0.2) is 23.0 Å². The molecule has 0 unspecified atom stereocenters. The number of rotatable bonds is 5. The summed E-state index contributed by atoms with van der Waals surface area (Å²) in [5.74, 6) is -0.749. The molecule has 0 radical (unpaired) electrons. The molecule has 9 heteroatoms. The summed E-state index contributed by atoms with van der Waals surface area (Å²) in [6, 6.07) is 6.76. The Morgan fingerprint density at radius 1 is 1.46 bits per heavy atom. The molecule has 2 rings (SSSR count). The summed E-state index contributed by atoms with van der Waals surface area (Å²) >= 11 is 6.98. The number of ether oxygens (including phenoxy) is 1. The van der Waals surface area contributed by atoms with E-state index in [1.165, 1.54) is 10.8 Å². The first-order chi connectivity index (χ1) is 12.4. The molecule has 0 fully saturated rings. The van der Waals surface area contributed by atoms with Crippen molar-refractivity contribution < 1.29 is 9.53 Å². The fourth-order valence-electron chi connectivity index (χ4n) is 2.22. The van der Waals surface area contributed by atoms with E-state index in [4.69, 9.17) is 22.1 Å². The lowest BCUT2D eigenvalue weighted by Crippen LogP contribution is -2.32. The van der Waals surface area contributed by atoms with Crippen LogP contribution in [0.25, 0.3) is 11.8 Å². The van der Waals surface area contributed by atoms with E-state index < -0.39 is 5.97 Å². The molecule has 1 aromatic heterocycles. The fourth-order valence-corrected chi connectivity index (χ4v) is 3.54. The molecule has 7 nitrogen and oxygen atoms in total. The first kappa shape index (κ1) is 19.6. The van der Waals surface area contributed by atoms with Crippen LogP contribution in [-0.4, -0.2) is 17.1 Å². The summed E-state index contributed by atoms with van der Waals surface area (Å²) in [6.07, 6.45) is 1.49. The van der Waals surface area contributed by atoms with Gasteiger partial charge in [-0.1, -0.05) is 11.6 Å². The van der Waals surface area contributed by atoms with Crippen molar-refractivity contribution in [2.75, 3.05) is 17.7 Å². The second-order valence-corrected chi connectivity index (χ2v) is 6.56. The van der Waals surface area contributed by atoms with Gasteiger partial charge in [-0.15, -0.1) is 11.3 Å². The minimum absolute atomic E-state index is 0.141. The molecule has 0 saturated heterocycles. The smallest absolute Gasteiger partial charge is 0.351 e. The molecule has 0 bridgehead atoms. The SMILES string of the molecule is CCOC(=O)/C(C#N)=c1\s/c(=C/Nc2cc(N)cc(Cl)c2)c(=O)n1CC. The third-order valence-electron chi connectivity index (χ3n) is 3.32. The molecule has 0 aliphatic carbocycles. The number of carbonyl (C=O) groups excluding carboxylic acids is 1. The summed E-state index contributed by atoms with van der Waals surface area (Å²) in [6.45, 7) is 3.86. The van der Waals surface area contributed by atoms with E-state index in [9.17, 15) is 14.9 Å². The quantitative estimate of drug-likeness (QED) is 0.585. The second-order valence-electron chi connectivity index (χ2n) is 5.09. The maximum absolute atomic E-state index is 12.6. The van der Waals surface area contributed by atoms with Gasteiger partial charge in [0.05, 0.1) is 6.61 Å². The van der Waals surface area contributed by atoms with Gasteiger partial charge in [0, 0.05) is 29.1 Å². The molecule has 0 aliphatic heterocycles. The number of nitrogens with two attached hydrogens (primary N) is 1. The van der Waals surface area contributed by atoms with Crippen molar-refractivity contribution in [2.24, 2.45) is 0 Å². The number of nitriles is 1. The Kier molecular flexibility index (Phi) is 6.44. The summed E-state index contributed by atoms with van der Waals surface area (Å²) in [7, 11) is 0. The van der Waals surface area contributed by atoms with Gasteiger partial charge in [0.15, 0.2) is 5.57 Å². The molecule has 1 aromatic carbocycles. The Hall–Kier alpha value is -2.76. The zero-order valence-electron chi connectivity index (χ0n) is 14.2. The van der Waals surface area contributed by atoms with E-state index in [2.05, 4.69) is 5.32 Å². The van der Waals surface area contributed by atoms with Gasteiger partial charge in [-0.2, -0.15) is 5.26 Å². The van der Waals surface area contributed by atoms with Crippen LogP contribution in [0.5, 0.6) is 0 Å². The molecule has 136 valence electrons. The number of benzene rings is 1. The van der Waals surface area contributed by atoms with Crippen molar-refractivity contribution in [1.82, 2.24) is 4.57 Å². The van der Waals surface area contributed by atoms with Gasteiger partial charge in [0.25, 0.3) is 5.56 Å². The maximum atomic E-state index is 12.6. The predicted octanol–water partition coefficient (Wildman–Crippen LogP) is 1.25. The lowest BCUT2D eigenvalue weighted by Gasteiger charge is -2.02. The minimum atomic E-state index is -0.749. The lowest BCUT2D eigenvalue weighted by atomic mass is 10.3. The summed E-state index contributed by atoms with van der Waals surface area (Å²) < 4.78 is 6.85. The molecular formula is C17H17ClN4O3S. The van der Waals surface area contributed by atoms with Crippen molar-refractivity contribution in [3.05, 3.63) is 42.8 Å². The largest absolute Gasteiger partial charge is 0.462 e. The monoisotopic (exact) mass is 392 g/mol. The predicted molar refractivity (Wildman–Crippen MR) is 103 cm³/mol. The molecule has 3 N–H and O–H groups in total. The molecule has 0 spiro atoms. The Morgan fingerprint density at radius 3 is 2.77 bits per heavy atom. The second kappa shape index (κ2) is 8.56. The molecule has 0 aliphatic rings. The summed E-state index contributed by atoms with van der Waals surface area (Å²) in [5.41, 5.74) is 6.32. The van der Waals surface area contributed by atoms with Gasteiger partial charge < -0.3 is 15.8 Å². The molecule has 26 heavy (non-hydrogen) atoms. The molecule has 0 amide bonds. The highest BCUT2D eigenvalue weighted by atomic mass is 35.5. The third kappa shape index (κ3) is 4.25. The minimum Gasteiger partial charge on any atom is -0.462 e. The van der Waals surface area contributed by atoms with Gasteiger partial charge in [-0.05, 0) is 32.0 Å². The van der Waals surface area contributed by atoms with E-state index in [-0.39, 0.29) is 22.4 Å². The van der Waals surface area contributed by atoms with Gasteiger partial charge in [0.2, 0.25) is 0 Å². The van der Waals surface area contributed by atoms with Crippen molar-refractivity contribution in [2.45, 2.75) is 20.4 Å². The van der Waals surface area contributed by atoms with E-state index >= 15 is 0 Å². The van der Waals surface area contributed by atoms with Crippen molar-refractivity contribution >= 4 is 52.1 Å². The average Bonchev–Trinajstić information content (AvgIpc) is 2.89. The Balaban J connectivity index is 2.59. The van der Waals surface area contributed by atoms with Crippen molar-refractivity contribution in [3.8, 4) is 6.07 Å². The first-order valence-electron chi connectivity index (χ1n) is 7.75. The highest BCUT2D eigenvalue weighted by Crippen LogP contribution is 2.20. The van der Waals surface area contributed by atoms with Crippen LogP contribution < -0.4 is 25.8 Å². The van der Waals surface area contributed by atoms with Crippen molar-refractivity contribution in [3.63, 3.8) is 0 Å². The summed E-state index contributed by atoms with van der Waals surface area (Å²) in [5, 5.41) is 12.7. The molecule has 2 aromatic rings. The number of aromatic nitrogens is 1. The number of nitrogen functional groups attached to an aromatic ring is 1. The van der Waals surface area contributed by atoms with E-state index in [0.29, 0.717) is 27.5 Å². The van der Waals surface area contributed by atoms with Gasteiger partial charge in [-0.3, -0.25) is 9.36 Å². The Bertz CT molecular complexity index is 1030. The van der Waals surface area contributed by atoms with Crippen LogP contribution in [0.4, 0.5) is 11.4 Å². The third-order valence-corrected chi connectivity index (χ3v) is 4.67. The Morgan fingerprint density at radius 2 is 2.19 bits per heavy atom. The van der Waals surface area contributed by atoms with Crippen LogP contribution >= 0.6 is 22.9 Å². The van der Waals surface area contributed by atoms with Crippen LogP contribution in [0, 0.1) is 11.3 Å². The number of nitrogens with zero attached hydrogens (tertiary/aromatic N) is 2. The number of carbonyl (C=O) groups is 1. The zero-order valence-corrected chi connectivity index (χ0v) is 15.8. The van der Waals surface area contributed by atoms with Crippen molar-refractivity contribution in [1.29, 1.82) is 5.26 Å². The summed E-state index contributed by atoms with van der Waals surface area (Å²) in [4.78, 5) is 24.5. The average molecular weight is 393 g/mol. The molecular weight excluding hydrogens is 376 g/mol. The van der Waals surface area contributed by atoms with Crippen LogP contribution in [-0.2, 0) is 16.1 Å².